The van der Waals surface area contributed by atoms with Crippen LogP contribution < -0.4 is 10.6 Å². The van der Waals surface area contributed by atoms with E-state index in [0.717, 1.165) is 35.2 Å². The van der Waals surface area contributed by atoms with Gasteiger partial charge in [0.2, 0.25) is 0 Å². The van der Waals surface area contributed by atoms with Crippen molar-refractivity contribution in [3.63, 3.8) is 0 Å². The number of aryl methyl sites for hydroxylation is 3. The van der Waals surface area contributed by atoms with Crippen LogP contribution in [-0.4, -0.2) is 23.1 Å². The highest BCUT2D eigenvalue weighted by Gasteiger charge is 2.19. The second kappa shape index (κ2) is 7.67. The van der Waals surface area contributed by atoms with E-state index in [0.29, 0.717) is 6.42 Å². The molecule has 0 radical (unpaired) electrons. The molecule has 0 aliphatic carbocycles. The minimum Gasteiger partial charge on any atom is -0.480 e. The Morgan fingerprint density at radius 1 is 1.19 bits per heavy atom. The lowest BCUT2D eigenvalue weighted by Gasteiger charge is -2.17. The minimum absolute atomic E-state index is 0.436. The van der Waals surface area contributed by atoms with Gasteiger partial charge in [-0.1, -0.05) is 37.5 Å². The van der Waals surface area contributed by atoms with E-state index in [1.807, 2.05) is 39.8 Å². The second-order valence-corrected chi connectivity index (χ2v) is 5.41. The van der Waals surface area contributed by atoms with Gasteiger partial charge in [0.15, 0.2) is 0 Å². The molecule has 116 valence electrons. The monoisotopic (exact) mass is 292 g/mol. The van der Waals surface area contributed by atoms with Crippen molar-refractivity contribution in [2.45, 2.75) is 53.0 Å². The predicted octanol–water partition coefficient (Wildman–Crippen LogP) is 3.38. The molecule has 1 unspecified atom stereocenters. The Labute approximate surface area is 125 Å². The number of carbonyl (C=O) groups is 2. The number of aliphatic carboxylic acids is 1. The van der Waals surface area contributed by atoms with Gasteiger partial charge < -0.3 is 15.7 Å². The first kappa shape index (κ1) is 17.0. The number of rotatable bonds is 6. The maximum atomic E-state index is 12.0. The zero-order valence-corrected chi connectivity index (χ0v) is 13.1. The first-order valence-electron chi connectivity index (χ1n) is 7.23. The molecule has 0 bridgehead atoms. The maximum absolute atomic E-state index is 12.0. The quantitative estimate of drug-likeness (QED) is 0.752. The van der Waals surface area contributed by atoms with Gasteiger partial charge in [0.05, 0.1) is 0 Å². The van der Waals surface area contributed by atoms with Crippen LogP contribution in [-0.2, 0) is 4.79 Å². The van der Waals surface area contributed by atoms with Gasteiger partial charge in [-0.3, -0.25) is 0 Å². The zero-order valence-electron chi connectivity index (χ0n) is 13.1. The molecule has 5 nitrogen and oxygen atoms in total. The Morgan fingerprint density at radius 2 is 1.76 bits per heavy atom. The third kappa shape index (κ3) is 5.10. The van der Waals surface area contributed by atoms with Gasteiger partial charge in [0.1, 0.15) is 6.04 Å². The third-order valence-electron chi connectivity index (χ3n) is 3.37. The van der Waals surface area contributed by atoms with Crippen LogP contribution in [0.25, 0.3) is 0 Å². The normalized spacial score (nSPS) is 11.8. The molecule has 0 heterocycles. The van der Waals surface area contributed by atoms with Crippen LogP contribution in [0.3, 0.4) is 0 Å². The van der Waals surface area contributed by atoms with Crippen LogP contribution in [0.1, 0.15) is 42.9 Å². The lowest BCUT2D eigenvalue weighted by atomic mass is 10.1. The summed E-state index contributed by atoms with van der Waals surface area (Å²) in [5.74, 6) is -1.00. The number of amides is 2. The molecule has 21 heavy (non-hydrogen) atoms. The van der Waals surface area contributed by atoms with Crippen LogP contribution in [0.4, 0.5) is 10.5 Å². The molecule has 0 aliphatic rings. The first-order chi connectivity index (χ1) is 9.85. The van der Waals surface area contributed by atoms with Crippen molar-refractivity contribution in [1.29, 1.82) is 0 Å². The number of benzene rings is 1. The number of nitrogens with one attached hydrogen (secondary N) is 2. The van der Waals surface area contributed by atoms with E-state index in [1.165, 1.54) is 0 Å². The molecule has 3 N–H and O–H groups in total. The number of anilines is 1. The van der Waals surface area contributed by atoms with Crippen molar-refractivity contribution < 1.29 is 14.7 Å². The molecule has 1 aromatic carbocycles. The predicted molar refractivity (Wildman–Crippen MR) is 83.8 cm³/mol. The number of hydrogen-bond donors (Lipinski definition) is 3. The van der Waals surface area contributed by atoms with Crippen LogP contribution in [0.2, 0.25) is 0 Å². The molecule has 0 spiro atoms. The van der Waals surface area contributed by atoms with E-state index >= 15 is 0 Å². The molecule has 0 saturated carbocycles. The highest BCUT2D eigenvalue weighted by molar-refractivity contribution is 5.93. The van der Waals surface area contributed by atoms with Crippen LogP contribution in [0.15, 0.2) is 12.1 Å². The van der Waals surface area contributed by atoms with Gasteiger partial charge in [0.25, 0.3) is 0 Å². The minimum atomic E-state index is -1.00. The van der Waals surface area contributed by atoms with Crippen molar-refractivity contribution >= 4 is 17.7 Å². The fourth-order valence-corrected chi connectivity index (χ4v) is 2.35. The molecule has 1 atom stereocenters. The maximum Gasteiger partial charge on any atom is 0.326 e. The summed E-state index contributed by atoms with van der Waals surface area (Å²) in [5.41, 5.74) is 3.78. The number of unbranched alkanes of at least 4 members (excludes halogenated alkanes) is 1. The summed E-state index contributed by atoms with van der Waals surface area (Å²) >= 11 is 0. The Kier molecular flexibility index (Phi) is 6.21. The lowest BCUT2D eigenvalue weighted by molar-refractivity contribution is -0.139. The summed E-state index contributed by atoms with van der Waals surface area (Å²) in [4.78, 5) is 23.1. The summed E-state index contributed by atoms with van der Waals surface area (Å²) in [6.45, 7) is 7.82. The van der Waals surface area contributed by atoms with E-state index in [1.54, 1.807) is 0 Å². The Balaban J connectivity index is 2.74. The number of carbonyl (C=O) groups excluding carboxylic acids is 1. The largest absolute Gasteiger partial charge is 0.480 e. The molecule has 0 aliphatic heterocycles. The molecule has 0 fully saturated rings. The van der Waals surface area contributed by atoms with E-state index in [2.05, 4.69) is 10.6 Å². The number of hydrogen-bond acceptors (Lipinski definition) is 2. The SMILES string of the molecule is CCCCC(NC(=O)Nc1c(C)cc(C)cc1C)C(=O)O. The Hall–Kier alpha value is -2.04. The smallest absolute Gasteiger partial charge is 0.326 e. The van der Waals surface area contributed by atoms with Gasteiger partial charge in [-0.15, -0.1) is 0 Å². The van der Waals surface area contributed by atoms with Crippen molar-refractivity contribution in [3.8, 4) is 0 Å². The summed E-state index contributed by atoms with van der Waals surface area (Å²) in [6.07, 6.45) is 2.09. The van der Waals surface area contributed by atoms with E-state index < -0.39 is 18.0 Å². The molecule has 0 aromatic heterocycles. The fourth-order valence-electron chi connectivity index (χ4n) is 2.35. The van der Waals surface area contributed by atoms with Crippen molar-refractivity contribution in [2.24, 2.45) is 0 Å². The van der Waals surface area contributed by atoms with E-state index in [9.17, 15) is 9.59 Å². The second-order valence-electron chi connectivity index (χ2n) is 5.41. The van der Waals surface area contributed by atoms with Gasteiger partial charge in [0, 0.05) is 5.69 Å². The van der Waals surface area contributed by atoms with Gasteiger partial charge in [-0.05, 0) is 38.3 Å². The molecular weight excluding hydrogens is 268 g/mol. The molecule has 1 aromatic rings. The molecule has 1 rings (SSSR count). The highest BCUT2D eigenvalue weighted by atomic mass is 16.4. The van der Waals surface area contributed by atoms with E-state index in [4.69, 9.17) is 5.11 Å². The molecule has 5 heteroatoms. The summed E-state index contributed by atoms with van der Waals surface area (Å²) in [7, 11) is 0. The van der Waals surface area contributed by atoms with Crippen LogP contribution >= 0.6 is 0 Å². The number of urea groups is 1. The average Bonchev–Trinajstić information content (AvgIpc) is 2.38. The third-order valence-corrected chi connectivity index (χ3v) is 3.37. The summed E-state index contributed by atoms with van der Waals surface area (Å²) in [5, 5.41) is 14.4. The molecular formula is C16H24N2O3. The van der Waals surface area contributed by atoms with Crippen molar-refractivity contribution in [3.05, 3.63) is 28.8 Å². The first-order valence-corrected chi connectivity index (χ1v) is 7.23. The Bertz CT molecular complexity index is 503. The van der Waals surface area contributed by atoms with Gasteiger partial charge >= 0.3 is 12.0 Å². The number of carboxylic acid groups (broad SMARTS) is 1. The summed E-state index contributed by atoms with van der Waals surface area (Å²) < 4.78 is 0. The van der Waals surface area contributed by atoms with Gasteiger partial charge in [-0.25, -0.2) is 9.59 Å². The van der Waals surface area contributed by atoms with Crippen molar-refractivity contribution in [1.82, 2.24) is 5.32 Å². The average molecular weight is 292 g/mol. The molecule has 0 saturated heterocycles. The molecule has 2 amide bonds. The van der Waals surface area contributed by atoms with E-state index in [-0.39, 0.29) is 0 Å². The topological polar surface area (TPSA) is 78.4 Å². The lowest BCUT2D eigenvalue weighted by Crippen LogP contribution is -2.43. The zero-order chi connectivity index (χ0) is 16.0. The van der Waals surface area contributed by atoms with Crippen LogP contribution in [0, 0.1) is 20.8 Å². The van der Waals surface area contributed by atoms with Gasteiger partial charge in [-0.2, -0.15) is 0 Å². The Morgan fingerprint density at radius 3 is 2.24 bits per heavy atom. The van der Waals surface area contributed by atoms with Crippen LogP contribution in [0.5, 0.6) is 0 Å². The van der Waals surface area contributed by atoms with Crippen molar-refractivity contribution in [2.75, 3.05) is 5.32 Å². The fraction of sp³-hybridized carbons (Fsp3) is 0.500. The standard InChI is InChI=1S/C16H24N2O3/c1-5-6-7-13(15(19)20)17-16(21)18-14-11(3)8-10(2)9-12(14)4/h8-9,13H,5-7H2,1-4H3,(H,19,20)(H2,17,18,21). The number of carboxylic acids is 1. The summed E-state index contributed by atoms with van der Waals surface area (Å²) in [6, 6.07) is 2.63. The highest BCUT2D eigenvalue weighted by Crippen LogP contribution is 2.21.